The van der Waals surface area contributed by atoms with Crippen LogP contribution in [0.1, 0.15) is 24.5 Å². The quantitative estimate of drug-likeness (QED) is 0.269. The van der Waals surface area contributed by atoms with Gasteiger partial charge in [0, 0.05) is 17.1 Å². The van der Waals surface area contributed by atoms with Crippen molar-refractivity contribution in [2.24, 2.45) is 5.10 Å². The normalized spacial score (nSPS) is 10.8. The van der Waals surface area contributed by atoms with Crippen LogP contribution in [-0.2, 0) is 21.0 Å². The summed E-state index contributed by atoms with van der Waals surface area (Å²) < 4.78 is 5.73. The molecule has 0 aliphatic rings. The molecule has 3 rings (SSSR count). The summed E-state index contributed by atoms with van der Waals surface area (Å²) in [4.78, 5) is 36.2. The molecule has 3 N–H and O–H groups in total. The maximum atomic E-state index is 12.3. The summed E-state index contributed by atoms with van der Waals surface area (Å²) in [6, 6.07) is 23.9. The van der Waals surface area contributed by atoms with E-state index in [9.17, 15) is 14.4 Å². The molecule has 0 saturated heterocycles. The summed E-state index contributed by atoms with van der Waals surface area (Å²) in [5.41, 5.74) is 5.55. The Hall–Kier alpha value is -4.46. The van der Waals surface area contributed by atoms with Gasteiger partial charge >= 0.3 is 11.8 Å². The van der Waals surface area contributed by atoms with Crippen molar-refractivity contribution in [2.45, 2.75) is 26.9 Å². The van der Waals surface area contributed by atoms with Crippen molar-refractivity contribution in [1.29, 1.82) is 0 Å². The minimum absolute atomic E-state index is 0.0497. The minimum atomic E-state index is -0.922. The van der Waals surface area contributed by atoms with E-state index in [1.54, 1.807) is 43.3 Å². The van der Waals surface area contributed by atoms with E-state index < -0.39 is 11.8 Å². The topological polar surface area (TPSA) is 109 Å². The molecule has 0 spiro atoms. The highest BCUT2D eigenvalue weighted by atomic mass is 16.5. The van der Waals surface area contributed by atoms with E-state index in [0.29, 0.717) is 29.4 Å². The van der Waals surface area contributed by atoms with Crippen molar-refractivity contribution in [3.63, 3.8) is 0 Å². The number of rotatable bonds is 8. The lowest BCUT2D eigenvalue weighted by Crippen LogP contribution is -2.33. The standard InChI is InChI=1S/C26H26N4O4/c1-18-8-6-7-11-23(18)28-25(32)26(33)30-29-19(2)16-24(31)27-21-12-14-22(15-13-21)34-17-20-9-4-3-5-10-20/h3-15H,16-17H2,1-2H3,(H,27,31)(H,28,32)(H,30,33). The van der Waals surface area contributed by atoms with Gasteiger partial charge in [0.1, 0.15) is 12.4 Å². The Labute approximate surface area is 198 Å². The zero-order valence-corrected chi connectivity index (χ0v) is 19.0. The number of hydrogen-bond acceptors (Lipinski definition) is 5. The number of hydrogen-bond donors (Lipinski definition) is 3. The van der Waals surface area contributed by atoms with Crippen LogP contribution in [0, 0.1) is 6.92 Å². The first-order valence-electron chi connectivity index (χ1n) is 10.7. The van der Waals surface area contributed by atoms with E-state index in [1.165, 1.54) is 0 Å². The molecule has 0 bridgehead atoms. The van der Waals surface area contributed by atoms with Crippen LogP contribution >= 0.6 is 0 Å². The Morgan fingerprint density at radius 2 is 1.50 bits per heavy atom. The number of benzene rings is 3. The van der Waals surface area contributed by atoms with Gasteiger partial charge in [-0.1, -0.05) is 48.5 Å². The van der Waals surface area contributed by atoms with Crippen molar-refractivity contribution in [3.05, 3.63) is 90.0 Å². The molecule has 0 atom stereocenters. The minimum Gasteiger partial charge on any atom is -0.489 e. The number of carbonyl (C=O) groups is 3. The molecule has 0 fully saturated rings. The Morgan fingerprint density at radius 1 is 0.824 bits per heavy atom. The van der Waals surface area contributed by atoms with E-state index >= 15 is 0 Å². The molecule has 34 heavy (non-hydrogen) atoms. The third-order valence-electron chi connectivity index (χ3n) is 4.75. The number of nitrogens with one attached hydrogen (secondary N) is 3. The van der Waals surface area contributed by atoms with E-state index in [0.717, 1.165) is 11.1 Å². The van der Waals surface area contributed by atoms with Gasteiger partial charge in [-0.25, -0.2) is 5.43 Å². The van der Waals surface area contributed by atoms with Crippen molar-refractivity contribution in [3.8, 4) is 5.75 Å². The molecule has 0 saturated carbocycles. The fraction of sp³-hybridized carbons (Fsp3) is 0.154. The van der Waals surface area contributed by atoms with Crippen LogP contribution in [-0.4, -0.2) is 23.4 Å². The first-order chi connectivity index (χ1) is 16.4. The van der Waals surface area contributed by atoms with Crippen molar-refractivity contribution in [1.82, 2.24) is 5.43 Å². The summed E-state index contributed by atoms with van der Waals surface area (Å²) in [6.07, 6.45) is -0.0497. The molecule has 3 aromatic carbocycles. The molecular weight excluding hydrogens is 432 g/mol. The monoisotopic (exact) mass is 458 g/mol. The Bertz CT molecular complexity index is 1170. The number of ether oxygens (including phenoxy) is 1. The molecule has 3 amide bonds. The average molecular weight is 459 g/mol. The lowest BCUT2D eigenvalue weighted by atomic mass is 10.2. The average Bonchev–Trinajstić information content (AvgIpc) is 2.84. The molecule has 8 heteroatoms. The third kappa shape index (κ3) is 7.59. The van der Waals surface area contributed by atoms with Gasteiger partial charge in [0.25, 0.3) is 0 Å². The van der Waals surface area contributed by atoms with Crippen LogP contribution < -0.4 is 20.8 Å². The Morgan fingerprint density at radius 3 is 2.21 bits per heavy atom. The maximum Gasteiger partial charge on any atom is 0.329 e. The van der Waals surface area contributed by atoms with Gasteiger partial charge in [0.05, 0.1) is 6.42 Å². The highest BCUT2D eigenvalue weighted by Gasteiger charge is 2.14. The second-order valence-electron chi connectivity index (χ2n) is 7.58. The molecule has 174 valence electrons. The third-order valence-corrected chi connectivity index (χ3v) is 4.75. The lowest BCUT2D eigenvalue weighted by Gasteiger charge is -2.09. The summed E-state index contributed by atoms with van der Waals surface area (Å²) in [6.45, 7) is 3.86. The number of amides is 3. The van der Waals surface area contributed by atoms with E-state index in [2.05, 4.69) is 21.2 Å². The van der Waals surface area contributed by atoms with Crippen LogP contribution in [0.2, 0.25) is 0 Å². The van der Waals surface area contributed by atoms with Crippen LogP contribution in [0.15, 0.2) is 84.0 Å². The largest absolute Gasteiger partial charge is 0.489 e. The van der Waals surface area contributed by atoms with Crippen LogP contribution in [0.3, 0.4) is 0 Å². The van der Waals surface area contributed by atoms with Gasteiger partial charge in [0.2, 0.25) is 5.91 Å². The summed E-state index contributed by atoms with van der Waals surface area (Å²) in [5, 5.41) is 9.11. The molecule has 0 aromatic heterocycles. The highest BCUT2D eigenvalue weighted by molar-refractivity contribution is 6.39. The molecular formula is C26H26N4O4. The fourth-order valence-electron chi connectivity index (χ4n) is 2.94. The van der Waals surface area contributed by atoms with E-state index in [1.807, 2.05) is 49.4 Å². The zero-order valence-electron chi connectivity index (χ0n) is 19.0. The molecule has 0 aliphatic heterocycles. The second-order valence-corrected chi connectivity index (χ2v) is 7.58. The van der Waals surface area contributed by atoms with Crippen LogP contribution in [0.5, 0.6) is 5.75 Å². The van der Waals surface area contributed by atoms with Crippen LogP contribution in [0.4, 0.5) is 11.4 Å². The Balaban J connectivity index is 1.43. The van der Waals surface area contributed by atoms with E-state index in [4.69, 9.17) is 4.74 Å². The number of aryl methyl sites for hydroxylation is 1. The second kappa shape index (κ2) is 12.0. The van der Waals surface area contributed by atoms with Gasteiger partial charge in [-0.3, -0.25) is 14.4 Å². The maximum absolute atomic E-state index is 12.3. The predicted molar refractivity (Wildman–Crippen MR) is 132 cm³/mol. The first-order valence-corrected chi connectivity index (χ1v) is 10.7. The number of carbonyl (C=O) groups excluding carboxylic acids is 3. The molecule has 8 nitrogen and oxygen atoms in total. The van der Waals surface area contributed by atoms with Crippen LogP contribution in [0.25, 0.3) is 0 Å². The number of hydrazone groups is 1. The Kier molecular flexibility index (Phi) is 8.51. The fourth-order valence-corrected chi connectivity index (χ4v) is 2.94. The smallest absolute Gasteiger partial charge is 0.329 e. The van der Waals surface area contributed by atoms with Gasteiger partial charge < -0.3 is 15.4 Å². The lowest BCUT2D eigenvalue weighted by molar-refractivity contribution is -0.136. The number of para-hydroxylation sites is 1. The molecule has 0 unspecified atom stereocenters. The summed E-state index contributed by atoms with van der Waals surface area (Å²) >= 11 is 0. The molecule has 3 aromatic rings. The first kappa shape index (κ1) is 24.2. The SMILES string of the molecule is CC(CC(=O)Nc1ccc(OCc2ccccc2)cc1)=NNC(=O)C(=O)Nc1ccccc1C. The van der Waals surface area contributed by atoms with Gasteiger partial charge in [-0.05, 0) is 55.3 Å². The zero-order chi connectivity index (χ0) is 24.3. The summed E-state index contributed by atoms with van der Waals surface area (Å²) in [7, 11) is 0. The highest BCUT2D eigenvalue weighted by Crippen LogP contribution is 2.17. The molecule has 0 radical (unpaired) electrons. The van der Waals surface area contributed by atoms with Gasteiger partial charge in [-0.2, -0.15) is 5.10 Å². The van der Waals surface area contributed by atoms with Gasteiger partial charge in [-0.15, -0.1) is 0 Å². The van der Waals surface area contributed by atoms with Crippen molar-refractivity contribution >= 4 is 34.8 Å². The van der Waals surface area contributed by atoms with E-state index in [-0.39, 0.29) is 12.3 Å². The van der Waals surface area contributed by atoms with Crippen molar-refractivity contribution < 1.29 is 19.1 Å². The number of nitrogens with zero attached hydrogens (tertiary/aromatic N) is 1. The number of anilines is 2. The molecule has 0 heterocycles. The van der Waals surface area contributed by atoms with Gasteiger partial charge in [0.15, 0.2) is 0 Å². The van der Waals surface area contributed by atoms with Crippen molar-refractivity contribution in [2.75, 3.05) is 10.6 Å². The molecule has 0 aliphatic carbocycles. The predicted octanol–water partition coefficient (Wildman–Crippen LogP) is 4.03. The summed E-state index contributed by atoms with van der Waals surface area (Å²) in [5.74, 6) is -1.39.